The standard InChI is InChI=1S/C20H20N6O2/c27-19(22-17-6-2-1-3-7-17)15-9-11-25(12-10-15)20(28)16-5-4-8-18(13-16)26-14-21-23-24-26/h1-8,13-15H,9-12H2,(H,22,27). The monoisotopic (exact) mass is 376 g/mol. The van der Waals surface area contributed by atoms with Gasteiger partial charge in [0.25, 0.3) is 5.91 Å². The van der Waals surface area contributed by atoms with Gasteiger partial charge in [0.15, 0.2) is 0 Å². The summed E-state index contributed by atoms with van der Waals surface area (Å²) in [6.07, 6.45) is 2.79. The molecule has 3 aromatic rings. The van der Waals surface area contributed by atoms with E-state index in [4.69, 9.17) is 0 Å². The molecule has 0 atom stereocenters. The normalized spacial score (nSPS) is 14.6. The van der Waals surface area contributed by atoms with E-state index in [9.17, 15) is 9.59 Å². The number of amides is 2. The maximum absolute atomic E-state index is 12.9. The van der Waals surface area contributed by atoms with Crippen molar-refractivity contribution in [3.63, 3.8) is 0 Å². The highest BCUT2D eigenvalue weighted by Crippen LogP contribution is 2.21. The van der Waals surface area contributed by atoms with Crippen molar-refractivity contribution >= 4 is 17.5 Å². The van der Waals surface area contributed by atoms with Crippen LogP contribution in [0, 0.1) is 5.92 Å². The molecule has 28 heavy (non-hydrogen) atoms. The summed E-state index contributed by atoms with van der Waals surface area (Å²) in [5, 5.41) is 14.0. The molecule has 1 saturated heterocycles. The zero-order chi connectivity index (χ0) is 19.3. The summed E-state index contributed by atoms with van der Waals surface area (Å²) in [5.41, 5.74) is 2.11. The molecular weight excluding hydrogens is 356 g/mol. The number of para-hydroxylation sites is 1. The molecule has 1 aliphatic rings. The van der Waals surface area contributed by atoms with Gasteiger partial charge in [0.1, 0.15) is 6.33 Å². The Morgan fingerprint density at radius 3 is 2.50 bits per heavy atom. The molecule has 0 radical (unpaired) electrons. The number of carbonyl (C=O) groups is 2. The molecule has 142 valence electrons. The molecule has 2 amide bonds. The molecule has 1 aliphatic heterocycles. The van der Waals surface area contributed by atoms with Crippen molar-refractivity contribution in [1.82, 2.24) is 25.1 Å². The zero-order valence-electron chi connectivity index (χ0n) is 15.2. The zero-order valence-corrected chi connectivity index (χ0v) is 15.2. The highest BCUT2D eigenvalue weighted by atomic mass is 16.2. The number of hydrogen-bond acceptors (Lipinski definition) is 5. The SMILES string of the molecule is O=C(Nc1ccccc1)C1CCN(C(=O)c2cccc(-n3cnnn3)c2)CC1. The largest absolute Gasteiger partial charge is 0.339 e. The summed E-state index contributed by atoms with van der Waals surface area (Å²) in [6.45, 7) is 1.11. The predicted octanol–water partition coefficient (Wildman–Crippen LogP) is 2.15. The number of aromatic nitrogens is 4. The van der Waals surface area contributed by atoms with Crippen LogP contribution in [0.4, 0.5) is 5.69 Å². The third-order valence-electron chi connectivity index (χ3n) is 4.90. The van der Waals surface area contributed by atoms with E-state index in [2.05, 4.69) is 20.8 Å². The predicted molar refractivity (Wildman–Crippen MR) is 103 cm³/mol. The second-order valence-corrected chi connectivity index (χ2v) is 6.73. The van der Waals surface area contributed by atoms with E-state index in [1.807, 2.05) is 42.5 Å². The van der Waals surface area contributed by atoms with E-state index in [1.54, 1.807) is 17.0 Å². The van der Waals surface area contributed by atoms with Crippen LogP contribution in [0.5, 0.6) is 0 Å². The second kappa shape index (κ2) is 7.99. The fourth-order valence-electron chi connectivity index (χ4n) is 3.35. The molecule has 8 nitrogen and oxygen atoms in total. The van der Waals surface area contributed by atoms with Crippen LogP contribution in [0.2, 0.25) is 0 Å². The Labute approximate surface area is 162 Å². The van der Waals surface area contributed by atoms with Crippen molar-refractivity contribution < 1.29 is 9.59 Å². The van der Waals surface area contributed by atoms with E-state index >= 15 is 0 Å². The van der Waals surface area contributed by atoms with Gasteiger partial charge in [-0.15, -0.1) is 5.10 Å². The molecule has 1 N–H and O–H groups in total. The molecule has 1 aromatic heterocycles. The van der Waals surface area contributed by atoms with Gasteiger partial charge in [-0.05, 0) is 53.6 Å². The van der Waals surface area contributed by atoms with Crippen molar-refractivity contribution in [2.75, 3.05) is 18.4 Å². The molecule has 2 aromatic carbocycles. The molecule has 0 aliphatic carbocycles. The van der Waals surface area contributed by atoms with Crippen LogP contribution in [-0.4, -0.2) is 50.0 Å². The fourth-order valence-corrected chi connectivity index (χ4v) is 3.35. The summed E-state index contributed by atoms with van der Waals surface area (Å²) in [5.74, 6) is -0.118. The highest BCUT2D eigenvalue weighted by molar-refractivity contribution is 5.95. The van der Waals surface area contributed by atoms with Gasteiger partial charge in [0.05, 0.1) is 5.69 Å². The number of piperidine rings is 1. The molecule has 2 heterocycles. The summed E-state index contributed by atoms with van der Waals surface area (Å²) < 4.78 is 1.51. The Kier molecular flexibility index (Phi) is 5.09. The first-order chi connectivity index (χ1) is 13.7. The topological polar surface area (TPSA) is 93.0 Å². The molecule has 1 fully saturated rings. The quantitative estimate of drug-likeness (QED) is 0.753. The van der Waals surface area contributed by atoms with E-state index in [1.165, 1.54) is 11.0 Å². The molecular formula is C20H20N6O2. The van der Waals surface area contributed by atoms with Gasteiger partial charge in [-0.3, -0.25) is 9.59 Å². The minimum atomic E-state index is -0.0863. The van der Waals surface area contributed by atoms with Crippen LogP contribution in [0.25, 0.3) is 5.69 Å². The van der Waals surface area contributed by atoms with Crippen LogP contribution >= 0.6 is 0 Å². The van der Waals surface area contributed by atoms with Crippen LogP contribution in [-0.2, 0) is 4.79 Å². The van der Waals surface area contributed by atoms with Gasteiger partial charge < -0.3 is 10.2 Å². The minimum Gasteiger partial charge on any atom is -0.339 e. The number of nitrogens with one attached hydrogen (secondary N) is 1. The maximum atomic E-state index is 12.9. The molecule has 0 bridgehead atoms. The lowest BCUT2D eigenvalue weighted by atomic mass is 9.95. The lowest BCUT2D eigenvalue weighted by Gasteiger charge is -2.31. The fraction of sp³-hybridized carbons (Fsp3) is 0.250. The second-order valence-electron chi connectivity index (χ2n) is 6.73. The van der Waals surface area contributed by atoms with Crippen LogP contribution < -0.4 is 5.32 Å². The van der Waals surface area contributed by atoms with Crippen molar-refractivity contribution in [3.05, 3.63) is 66.5 Å². The van der Waals surface area contributed by atoms with Gasteiger partial charge in [-0.25, -0.2) is 4.68 Å². The first-order valence-corrected chi connectivity index (χ1v) is 9.19. The Morgan fingerprint density at radius 2 is 1.79 bits per heavy atom. The molecule has 0 spiro atoms. The Hall–Kier alpha value is -3.55. The van der Waals surface area contributed by atoms with Gasteiger partial charge >= 0.3 is 0 Å². The van der Waals surface area contributed by atoms with Gasteiger partial charge in [-0.1, -0.05) is 24.3 Å². The van der Waals surface area contributed by atoms with Crippen molar-refractivity contribution in [1.29, 1.82) is 0 Å². The third kappa shape index (κ3) is 3.90. The molecule has 4 rings (SSSR count). The summed E-state index contributed by atoms with van der Waals surface area (Å²) >= 11 is 0. The van der Waals surface area contributed by atoms with Crippen molar-refractivity contribution in [3.8, 4) is 5.69 Å². The van der Waals surface area contributed by atoms with Gasteiger partial charge in [-0.2, -0.15) is 0 Å². The highest BCUT2D eigenvalue weighted by Gasteiger charge is 2.28. The lowest BCUT2D eigenvalue weighted by Crippen LogP contribution is -2.41. The Bertz CT molecular complexity index is 950. The average Bonchev–Trinajstić information content (AvgIpc) is 3.29. The number of nitrogens with zero attached hydrogens (tertiary/aromatic N) is 5. The molecule has 8 heteroatoms. The Morgan fingerprint density at radius 1 is 1.00 bits per heavy atom. The first-order valence-electron chi connectivity index (χ1n) is 9.19. The third-order valence-corrected chi connectivity index (χ3v) is 4.90. The number of rotatable bonds is 4. The smallest absolute Gasteiger partial charge is 0.253 e. The maximum Gasteiger partial charge on any atom is 0.253 e. The van der Waals surface area contributed by atoms with Gasteiger partial charge in [0, 0.05) is 30.3 Å². The summed E-state index contributed by atoms with van der Waals surface area (Å²) in [6, 6.07) is 16.6. The number of carbonyl (C=O) groups excluding carboxylic acids is 2. The van der Waals surface area contributed by atoms with E-state index in [-0.39, 0.29) is 17.7 Å². The first kappa shape index (κ1) is 17.8. The number of anilines is 1. The van der Waals surface area contributed by atoms with Crippen molar-refractivity contribution in [2.45, 2.75) is 12.8 Å². The minimum absolute atomic E-state index is 0.0129. The molecule has 0 saturated carbocycles. The van der Waals surface area contributed by atoms with Crippen LogP contribution in [0.3, 0.4) is 0 Å². The summed E-state index contributed by atoms with van der Waals surface area (Å²) in [4.78, 5) is 27.1. The molecule has 0 unspecified atom stereocenters. The van der Waals surface area contributed by atoms with E-state index < -0.39 is 0 Å². The van der Waals surface area contributed by atoms with E-state index in [0.29, 0.717) is 31.5 Å². The lowest BCUT2D eigenvalue weighted by molar-refractivity contribution is -0.121. The number of likely N-dealkylation sites (tertiary alicyclic amines) is 1. The number of tetrazole rings is 1. The van der Waals surface area contributed by atoms with Crippen molar-refractivity contribution in [2.24, 2.45) is 5.92 Å². The number of hydrogen-bond donors (Lipinski definition) is 1. The van der Waals surface area contributed by atoms with E-state index in [0.717, 1.165) is 11.4 Å². The Balaban J connectivity index is 1.36. The summed E-state index contributed by atoms with van der Waals surface area (Å²) in [7, 11) is 0. The average molecular weight is 376 g/mol. The van der Waals surface area contributed by atoms with Crippen LogP contribution in [0.15, 0.2) is 60.9 Å². The van der Waals surface area contributed by atoms with Crippen LogP contribution in [0.1, 0.15) is 23.2 Å². The van der Waals surface area contributed by atoms with Gasteiger partial charge in [0.2, 0.25) is 5.91 Å². The number of benzene rings is 2.